The van der Waals surface area contributed by atoms with Crippen molar-refractivity contribution in [2.75, 3.05) is 26.2 Å². The summed E-state index contributed by atoms with van der Waals surface area (Å²) in [5.74, 6) is 0. The maximum Gasteiger partial charge on any atom is 0.401 e. The van der Waals surface area contributed by atoms with Crippen LogP contribution in [0.25, 0.3) is 0 Å². The van der Waals surface area contributed by atoms with Crippen LogP contribution in [-0.4, -0.2) is 37.3 Å². The number of rotatable bonds is 2. The maximum absolute atomic E-state index is 12.5. The highest BCUT2D eigenvalue weighted by Gasteiger charge is 2.35. The van der Waals surface area contributed by atoms with E-state index in [0.717, 1.165) is 5.56 Å². The van der Waals surface area contributed by atoms with Gasteiger partial charge in [-0.15, -0.1) is 0 Å². The number of nitrogens with zero attached hydrogens (tertiary/aromatic N) is 1. The van der Waals surface area contributed by atoms with E-state index in [9.17, 15) is 13.2 Å². The number of hydrogen-bond donors (Lipinski definition) is 1. The van der Waals surface area contributed by atoms with Crippen molar-refractivity contribution in [3.8, 4) is 0 Å². The van der Waals surface area contributed by atoms with Crippen LogP contribution in [0.3, 0.4) is 0 Å². The first-order chi connectivity index (χ1) is 8.06. The van der Waals surface area contributed by atoms with Gasteiger partial charge in [0.1, 0.15) is 0 Å². The summed E-state index contributed by atoms with van der Waals surface area (Å²) in [6.45, 7) is 0.771. The summed E-state index contributed by atoms with van der Waals surface area (Å²) in [7, 11) is 0. The molecule has 1 unspecified atom stereocenters. The Morgan fingerprint density at radius 3 is 2.59 bits per heavy atom. The van der Waals surface area contributed by atoms with Gasteiger partial charge in [-0.1, -0.05) is 30.3 Å². The lowest BCUT2D eigenvalue weighted by Crippen LogP contribution is -2.49. The number of halogens is 3. The predicted octanol–water partition coefficient (Wildman–Crippen LogP) is 2.20. The van der Waals surface area contributed by atoms with E-state index >= 15 is 0 Å². The van der Waals surface area contributed by atoms with E-state index in [4.69, 9.17) is 0 Å². The van der Waals surface area contributed by atoms with E-state index in [1.54, 1.807) is 0 Å². The minimum atomic E-state index is -4.13. The van der Waals surface area contributed by atoms with E-state index < -0.39 is 12.7 Å². The Bertz CT molecular complexity index is 351. The Morgan fingerprint density at radius 2 is 1.94 bits per heavy atom. The van der Waals surface area contributed by atoms with Gasteiger partial charge in [-0.2, -0.15) is 13.2 Å². The van der Waals surface area contributed by atoms with Gasteiger partial charge in [0.05, 0.1) is 6.54 Å². The molecule has 1 heterocycles. The summed E-state index contributed by atoms with van der Waals surface area (Å²) in [5.41, 5.74) is 0.934. The second-order valence-electron chi connectivity index (χ2n) is 4.22. The second kappa shape index (κ2) is 5.06. The van der Waals surface area contributed by atoms with Gasteiger partial charge in [0.2, 0.25) is 0 Å². The zero-order valence-corrected chi connectivity index (χ0v) is 9.37. The zero-order valence-electron chi connectivity index (χ0n) is 9.37. The molecule has 1 saturated heterocycles. The fourth-order valence-corrected chi connectivity index (χ4v) is 2.17. The van der Waals surface area contributed by atoms with Crippen LogP contribution in [0.5, 0.6) is 0 Å². The zero-order chi connectivity index (χ0) is 12.3. The van der Waals surface area contributed by atoms with Gasteiger partial charge in [0, 0.05) is 25.7 Å². The molecule has 0 radical (unpaired) electrons. The number of hydrogen-bond acceptors (Lipinski definition) is 2. The van der Waals surface area contributed by atoms with E-state index in [1.807, 2.05) is 30.3 Å². The lowest BCUT2D eigenvalue weighted by Gasteiger charge is -2.36. The lowest BCUT2D eigenvalue weighted by molar-refractivity contribution is -0.152. The quantitative estimate of drug-likeness (QED) is 0.858. The van der Waals surface area contributed by atoms with Crippen LogP contribution >= 0.6 is 0 Å². The third kappa shape index (κ3) is 3.44. The molecule has 1 aliphatic rings. The SMILES string of the molecule is FC(F)(F)CN1CCNCC1c1ccccc1. The van der Waals surface area contributed by atoms with Crippen LogP contribution in [0.1, 0.15) is 11.6 Å². The summed E-state index contributed by atoms with van der Waals surface area (Å²) < 4.78 is 37.4. The molecule has 0 aromatic heterocycles. The first-order valence-corrected chi connectivity index (χ1v) is 5.63. The van der Waals surface area contributed by atoms with Crippen LogP contribution in [0.4, 0.5) is 13.2 Å². The largest absolute Gasteiger partial charge is 0.401 e. The topological polar surface area (TPSA) is 15.3 Å². The molecule has 1 aromatic rings. The molecule has 0 spiro atoms. The van der Waals surface area contributed by atoms with Crippen molar-refractivity contribution >= 4 is 0 Å². The molecule has 1 aromatic carbocycles. The van der Waals surface area contributed by atoms with Gasteiger partial charge in [0.15, 0.2) is 0 Å². The molecule has 17 heavy (non-hydrogen) atoms. The highest BCUT2D eigenvalue weighted by atomic mass is 19.4. The Balaban J connectivity index is 2.13. The molecule has 5 heteroatoms. The van der Waals surface area contributed by atoms with Crippen molar-refractivity contribution in [2.45, 2.75) is 12.2 Å². The van der Waals surface area contributed by atoms with Crippen LogP contribution in [-0.2, 0) is 0 Å². The van der Waals surface area contributed by atoms with Gasteiger partial charge in [-0.25, -0.2) is 0 Å². The van der Waals surface area contributed by atoms with E-state index in [-0.39, 0.29) is 6.04 Å². The first kappa shape index (κ1) is 12.4. The van der Waals surface area contributed by atoms with Crippen molar-refractivity contribution in [3.05, 3.63) is 35.9 Å². The van der Waals surface area contributed by atoms with Crippen molar-refractivity contribution in [3.63, 3.8) is 0 Å². The van der Waals surface area contributed by atoms with Crippen molar-refractivity contribution < 1.29 is 13.2 Å². The van der Waals surface area contributed by atoms with E-state index in [1.165, 1.54) is 4.90 Å². The monoisotopic (exact) mass is 244 g/mol. The highest BCUT2D eigenvalue weighted by Crippen LogP contribution is 2.26. The van der Waals surface area contributed by atoms with Crippen LogP contribution in [0, 0.1) is 0 Å². The Hall–Kier alpha value is -1.07. The van der Waals surface area contributed by atoms with Crippen LogP contribution in [0.15, 0.2) is 30.3 Å². The Morgan fingerprint density at radius 1 is 1.24 bits per heavy atom. The molecule has 0 amide bonds. The minimum absolute atomic E-state index is 0.188. The molecule has 0 bridgehead atoms. The van der Waals surface area contributed by atoms with Crippen LogP contribution in [0.2, 0.25) is 0 Å². The Labute approximate surface area is 98.4 Å². The summed E-state index contributed by atoms with van der Waals surface area (Å²) in [5, 5.41) is 3.14. The van der Waals surface area contributed by atoms with Gasteiger partial charge >= 0.3 is 6.18 Å². The second-order valence-corrected chi connectivity index (χ2v) is 4.22. The van der Waals surface area contributed by atoms with E-state index in [0.29, 0.717) is 19.6 Å². The molecule has 0 aliphatic carbocycles. The Kier molecular flexibility index (Phi) is 3.69. The molecular weight excluding hydrogens is 229 g/mol. The van der Waals surface area contributed by atoms with Gasteiger partial charge < -0.3 is 5.32 Å². The molecule has 1 N–H and O–H groups in total. The standard InChI is InChI=1S/C12H15F3N2/c13-12(14,15)9-17-7-6-16-8-11(17)10-4-2-1-3-5-10/h1-5,11,16H,6-9H2. The number of piperazine rings is 1. The number of nitrogens with one attached hydrogen (secondary N) is 1. The summed E-state index contributed by atoms with van der Waals surface area (Å²) in [6.07, 6.45) is -4.13. The molecule has 2 rings (SSSR count). The van der Waals surface area contributed by atoms with Gasteiger partial charge in [-0.05, 0) is 5.56 Å². The smallest absolute Gasteiger partial charge is 0.314 e. The van der Waals surface area contributed by atoms with Crippen molar-refractivity contribution in [1.29, 1.82) is 0 Å². The van der Waals surface area contributed by atoms with Gasteiger partial charge in [-0.3, -0.25) is 4.90 Å². The van der Waals surface area contributed by atoms with Crippen LogP contribution < -0.4 is 5.32 Å². The number of alkyl halides is 3. The number of benzene rings is 1. The normalized spacial score (nSPS) is 22.6. The first-order valence-electron chi connectivity index (χ1n) is 5.63. The van der Waals surface area contributed by atoms with Crippen molar-refractivity contribution in [2.24, 2.45) is 0 Å². The van der Waals surface area contributed by atoms with Crippen molar-refractivity contribution in [1.82, 2.24) is 10.2 Å². The van der Waals surface area contributed by atoms with Gasteiger partial charge in [0.25, 0.3) is 0 Å². The molecule has 2 nitrogen and oxygen atoms in total. The highest BCUT2D eigenvalue weighted by molar-refractivity contribution is 5.20. The average molecular weight is 244 g/mol. The predicted molar refractivity (Wildman–Crippen MR) is 59.7 cm³/mol. The maximum atomic E-state index is 12.5. The van der Waals surface area contributed by atoms with E-state index in [2.05, 4.69) is 5.32 Å². The average Bonchev–Trinajstić information content (AvgIpc) is 2.29. The molecule has 1 atom stereocenters. The molecular formula is C12H15F3N2. The fraction of sp³-hybridized carbons (Fsp3) is 0.500. The fourth-order valence-electron chi connectivity index (χ4n) is 2.17. The third-order valence-electron chi connectivity index (χ3n) is 2.92. The molecule has 1 fully saturated rings. The lowest BCUT2D eigenvalue weighted by atomic mass is 10.0. The summed E-state index contributed by atoms with van der Waals surface area (Å²) in [6, 6.07) is 9.15. The third-order valence-corrected chi connectivity index (χ3v) is 2.92. The molecule has 1 aliphatic heterocycles. The summed E-state index contributed by atoms with van der Waals surface area (Å²) in [4.78, 5) is 1.49. The molecule has 0 saturated carbocycles. The molecule has 94 valence electrons. The minimum Gasteiger partial charge on any atom is -0.314 e. The summed E-state index contributed by atoms with van der Waals surface area (Å²) >= 11 is 0.